The standard InChI is InChI=1S/C33H51O3PSi2/c1-31(2,3)38(7,8)35-29-22-26(23-30(33(29)24-34-33)36-39(9,10)32(4,5)6)17-16-25-18-20-28(21-19-25)37-27-14-12-11-13-15-27/h11-15,17-21,29-30,37H,16,22-24H2,1-10H3/t29-,30+,33?. The second-order valence-electron chi connectivity index (χ2n) is 14.6. The third-order valence-corrected chi connectivity index (χ3v) is 19.8. The zero-order chi connectivity index (χ0) is 28.7. The third kappa shape index (κ3) is 7.23. The average Bonchev–Trinajstić information content (AvgIpc) is 3.62. The Balaban J connectivity index is 1.54. The Kier molecular flexibility index (Phi) is 8.95. The Morgan fingerprint density at radius 1 is 0.795 bits per heavy atom. The lowest BCUT2D eigenvalue weighted by Crippen LogP contribution is -2.57. The molecule has 1 aliphatic carbocycles. The fourth-order valence-electron chi connectivity index (χ4n) is 4.76. The average molecular weight is 583 g/mol. The van der Waals surface area contributed by atoms with Crippen LogP contribution in [0.5, 0.6) is 0 Å². The van der Waals surface area contributed by atoms with Crippen molar-refractivity contribution in [3.05, 3.63) is 71.8 Å². The summed E-state index contributed by atoms with van der Waals surface area (Å²) < 4.78 is 20.6. The second-order valence-corrected chi connectivity index (χ2v) is 25.6. The summed E-state index contributed by atoms with van der Waals surface area (Å²) in [6, 6.07) is 19.9. The first-order chi connectivity index (χ1) is 18.0. The van der Waals surface area contributed by atoms with Gasteiger partial charge in [-0.25, -0.2) is 0 Å². The molecule has 1 heterocycles. The van der Waals surface area contributed by atoms with E-state index in [1.165, 1.54) is 21.7 Å². The summed E-state index contributed by atoms with van der Waals surface area (Å²) in [5, 5.41) is 3.07. The zero-order valence-corrected chi connectivity index (χ0v) is 29.0. The predicted molar refractivity (Wildman–Crippen MR) is 174 cm³/mol. The summed E-state index contributed by atoms with van der Waals surface area (Å²) in [4.78, 5) is 0. The first-order valence-electron chi connectivity index (χ1n) is 14.6. The summed E-state index contributed by atoms with van der Waals surface area (Å²) in [7, 11) is -3.25. The van der Waals surface area contributed by atoms with Crippen molar-refractivity contribution in [2.45, 2.75) is 115 Å². The van der Waals surface area contributed by atoms with Crippen LogP contribution in [-0.4, -0.2) is 41.1 Å². The Morgan fingerprint density at radius 3 is 1.69 bits per heavy atom. The molecule has 4 atom stereocenters. The highest BCUT2D eigenvalue weighted by molar-refractivity contribution is 7.55. The molecule has 214 valence electrons. The van der Waals surface area contributed by atoms with Crippen LogP contribution in [0.15, 0.2) is 66.2 Å². The van der Waals surface area contributed by atoms with E-state index in [0.717, 1.165) is 25.9 Å². The van der Waals surface area contributed by atoms with E-state index >= 15 is 0 Å². The minimum absolute atomic E-state index is 0.0580. The molecule has 1 aliphatic heterocycles. The summed E-state index contributed by atoms with van der Waals surface area (Å²) in [6.07, 6.45) is 5.39. The SMILES string of the molecule is CC(C)(C)[Si](C)(C)O[C@H]1CC(=CCc2ccc(Pc3ccccc3)cc2)C[C@@H](O[Si](C)(C)C(C)(C)C)C12CO2. The lowest BCUT2D eigenvalue weighted by molar-refractivity contribution is -0.0173. The molecule has 3 nitrogen and oxygen atoms in total. The quantitative estimate of drug-likeness (QED) is 0.136. The summed E-state index contributed by atoms with van der Waals surface area (Å²) in [5.41, 5.74) is 2.53. The van der Waals surface area contributed by atoms with Crippen LogP contribution in [0.2, 0.25) is 36.3 Å². The van der Waals surface area contributed by atoms with Crippen molar-refractivity contribution in [2.24, 2.45) is 0 Å². The van der Waals surface area contributed by atoms with E-state index in [1.807, 2.05) is 0 Å². The van der Waals surface area contributed by atoms with E-state index < -0.39 is 16.6 Å². The summed E-state index contributed by atoms with van der Waals surface area (Å²) in [6.45, 7) is 24.2. The molecule has 0 N–H and O–H groups in total. The molecule has 1 spiro atoms. The minimum atomic E-state index is -1.97. The van der Waals surface area contributed by atoms with Gasteiger partial charge in [-0.2, -0.15) is 0 Å². The number of hydrogen-bond donors (Lipinski definition) is 0. The maximum Gasteiger partial charge on any atom is 0.192 e. The van der Waals surface area contributed by atoms with Gasteiger partial charge < -0.3 is 13.6 Å². The Labute approximate surface area is 242 Å². The van der Waals surface area contributed by atoms with E-state index in [0.29, 0.717) is 8.58 Å². The molecule has 2 aliphatic rings. The van der Waals surface area contributed by atoms with Gasteiger partial charge in [0.2, 0.25) is 0 Å². The van der Waals surface area contributed by atoms with Gasteiger partial charge in [0, 0.05) is 0 Å². The maximum atomic E-state index is 7.12. The number of epoxide rings is 1. The van der Waals surface area contributed by atoms with Crippen LogP contribution in [0.4, 0.5) is 0 Å². The topological polar surface area (TPSA) is 31.0 Å². The molecule has 1 saturated heterocycles. The van der Waals surface area contributed by atoms with Crippen molar-refractivity contribution in [1.82, 2.24) is 0 Å². The van der Waals surface area contributed by atoms with Crippen LogP contribution in [0.1, 0.15) is 59.9 Å². The Hall–Kier alpha value is -1.08. The van der Waals surface area contributed by atoms with Gasteiger partial charge in [-0.05, 0) is 71.7 Å². The fraction of sp³-hybridized carbons (Fsp3) is 0.576. The molecule has 0 aromatic heterocycles. The minimum Gasteiger partial charge on any atom is -0.410 e. The lowest BCUT2D eigenvalue weighted by Gasteiger charge is -2.48. The van der Waals surface area contributed by atoms with E-state index in [4.69, 9.17) is 13.6 Å². The molecular weight excluding hydrogens is 532 g/mol. The summed E-state index contributed by atoms with van der Waals surface area (Å²) in [5.74, 6) is 0. The smallest absolute Gasteiger partial charge is 0.192 e. The molecule has 2 fully saturated rings. The van der Waals surface area contributed by atoms with E-state index in [-0.39, 0.29) is 27.9 Å². The molecule has 2 aromatic carbocycles. The van der Waals surface area contributed by atoms with Gasteiger partial charge in [0.25, 0.3) is 0 Å². The van der Waals surface area contributed by atoms with E-state index in [1.54, 1.807) is 0 Å². The van der Waals surface area contributed by atoms with Gasteiger partial charge >= 0.3 is 0 Å². The molecule has 6 heteroatoms. The van der Waals surface area contributed by atoms with Gasteiger partial charge in [0.1, 0.15) is 5.60 Å². The zero-order valence-electron chi connectivity index (χ0n) is 26.0. The van der Waals surface area contributed by atoms with Crippen molar-refractivity contribution in [1.29, 1.82) is 0 Å². The number of benzene rings is 2. The van der Waals surface area contributed by atoms with Crippen LogP contribution in [0, 0.1) is 0 Å². The number of hydrogen-bond acceptors (Lipinski definition) is 3. The number of allylic oxidation sites excluding steroid dienone is 1. The highest BCUT2D eigenvalue weighted by Crippen LogP contribution is 2.52. The van der Waals surface area contributed by atoms with Crippen LogP contribution < -0.4 is 10.6 Å². The van der Waals surface area contributed by atoms with Gasteiger partial charge in [0.15, 0.2) is 16.6 Å². The first-order valence-corrected chi connectivity index (χ1v) is 21.4. The van der Waals surface area contributed by atoms with Gasteiger partial charge in [-0.1, -0.05) is 116 Å². The van der Waals surface area contributed by atoms with Gasteiger partial charge in [0.05, 0.1) is 18.8 Å². The highest BCUT2D eigenvalue weighted by atomic mass is 31.1. The molecule has 0 amide bonds. The van der Waals surface area contributed by atoms with Crippen molar-refractivity contribution in [3.8, 4) is 0 Å². The largest absolute Gasteiger partial charge is 0.410 e. The number of ether oxygens (including phenoxy) is 1. The first kappa shape index (κ1) is 30.9. The third-order valence-electron chi connectivity index (χ3n) is 9.59. The predicted octanol–water partition coefficient (Wildman–Crippen LogP) is 8.13. The van der Waals surface area contributed by atoms with Crippen LogP contribution >= 0.6 is 8.58 Å². The second kappa shape index (κ2) is 11.3. The molecule has 1 saturated carbocycles. The van der Waals surface area contributed by atoms with Crippen LogP contribution in [0.25, 0.3) is 0 Å². The number of rotatable bonds is 8. The molecule has 0 radical (unpaired) electrons. The molecule has 2 aromatic rings. The fourth-order valence-corrected chi connectivity index (χ4v) is 8.48. The Morgan fingerprint density at radius 2 is 1.26 bits per heavy atom. The monoisotopic (exact) mass is 582 g/mol. The van der Waals surface area contributed by atoms with Gasteiger partial charge in [-0.15, -0.1) is 0 Å². The normalized spacial score (nSPS) is 25.6. The highest BCUT2D eigenvalue weighted by Gasteiger charge is 2.63. The van der Waals surface area contributed by atoms with Crippen molar-refractivity contribution >= 4 is 35.8 Å². The van der Waals surface area contributed by atoms with Crippen LogP contribution in [0.3, 0.4) is 0 Å². The van der Waals surface area contributed by atoms with E-state index in [9.17, 15) is 0 Å². The van der Waals surface area contributed by atoms with E-state index in [2.05, 4.69) is 128 Å². The lowest BCUT2D eigenvalue weighted by atomic mass is 9.80. The molecular formula is C33H51O3PSi2. The van der Waals surface area contributed by atoms with Crippen molar-refractivity contribution in [2.75, 3.05) is 6.61 Å². The summed E-state index contributed by atoms with van der Waals surface area (Å²) >= 11 is 0. The van der Waals surface area contributed by atoms with Crippen molar-refractivity contribution < 1.29 is 13.6 Å². The molecule has 39 heavy (non-hydrogen) atoms. The molecule has 0 bridgehead atoms. The maximum absolute atomic E-state index is 7.12. The van der Waals surface area contributed by atoms with Gasteiger partial charge in [-0.3, -0.25) is 0 Å². The molecule has 4 rings (SSSR count). The van der Waals surface area contributed by atoms with Crippen LogP contribution in [-0.2, 0) is 20.0 Å². The molecule has 2 unspecified atom stereocenters. The Bertz CT molecular complexity index is 1100. The van der Waals surface area contributed by atoms with Crippen molar-refractivity contribution in [3.63, 3.8) is 0 Å².